The lowest BCUT2D eigenvalue weighted by molar-refractivity contribution is -0.124. The van der Waals surface area contributed by atoms with Gasteiger partial charge in [-0.25, -0.2) is 0 Å². The Balaban J connectivity index is 2.36. The monoisotopic (exact) mass is 221 g/mol. The minimum absolute atomic E-state index is 0.0512. The molecular weight excluding hydrogens is 206 g/mol. The van der Waals surface area contributed by atoms with E-state index in [1.165, 1.54) is 0 Å². The summed E-state index contributed by atoms with van der Waals surface area (Å²) < 4.78 is 5.60. The molecule has 0 radical (unpaired) electrons. The quantitative estimate of drug-likeness (QED) is 0.792. The molecule has 1 aliphatic heterocycles. The lowest BCUT2D eigenvalue weighted by Crippen LogP contribution is -2.34. The fourth-order valence-corrected chi connectivity index (χ4v) is 1.75. The van der Waals surface area contributed by atoms with Crippen LogP contribution in [-0.4, -0.2) is 23.2 Å². The van der Waals surface area contributed by atoms with Crippen molar-refractivity contribution in [3.8, 4) is 5.75 Å². The zero-order valence-corrected chi connectivity index (χ0v) is 9.36. The number of anilines is 1. The molecule has 1 amide bonds. The summed E-state index contributed by atoms with van der Waals surface area (Å²) in [7, 11) is 0. The van der Waals surface area contributed by atoms with Crippen LogP contribution < -0.4 is 10.1 Å². The molecule has 1 heterocycles. The minimum Gasteiger partial charge on any atom is -0.489 e. The molecule has 4 heteroatoms. The van der Waals surface area contributed by atoms with Crippen molar-refractivity contribution in [3.05, 3.63) is 23.8 Å². The van der Waals surface area contributed by atoms with Crippen LogP contribution in [0.25, 0.3) is 0 Å². The van der Waals surface area contributed by atoms with Crippen molar-refractivity contribution in [2.24, 2.45) is 0 Å². The molecule has 86 valence electrons. The summed E-state index contributed by atoms with van der Waals surface area (Å²) in [4.78, 5) is 11.4. The van der Waals surface area contributed by atoms with Crippen molar-refractivity contribution in [2.75, 3.05) is 5.32 Å². The first-order valence-corrected chi connectivity index (χ1v) is 5.35. The Bertz CT molecular complexity index is 415. The van der Waals surface area contributed by atoms with Crippen LogP contribution in [0.15, 0.2) is 18.2 Å². The molecule has 0 fully saturated rings. The Kier molecular flexibility index (Phi) is 2.83. The van der Waals surface area contributed by atoms with E-state index in [4.69, 9.17) is 4.74 Å². The van der Waals surface area contributed by atoms with E-state index in [0.717, 1.165) is 5.56 Å². The number of carbonyl (C=O) groups is 1. The van der Waals surface area contributed by atoms with E-state index < -0.39 is 6.10 Å². The summed E-state index contributed by atoms with van der Waals surface area (Å²) in [6, 6.07) is 5.56. The predicted molar refractivity (Wildman–Crippen MR) is 60.5 cm³/mol. The van der Waals surface area contributed by atoms with Crippen molar-refractivity contribution in [2.45, 2.75) is 32.5 Å². The number of rotatable bonds is 2. The van der Waals surface area contributed by atoms with E-state index in [0.29, 0.717) is 17.9 Å². The average molecular weight is 221 g/mol. The first-order valence-electron chi connectivity index (χ1n) is 5.35. The minimum atomic E-state index is -0.957. The van der Waals surface area contributed by atoms with Crippen LogP contribution >= 0.6 is 0 Å². The van der Waals surface area contributed by atoms with Gasteiger partial charge in [0.2, 0.25) is 0 Å². The highest BCUT2D eigenvalue weighted by Crippen LogP contribution is 2.33. The standard InChI is InChI=1S/C12H15NO3/c1-7(2)16-10-5-3-4-8-6-9(14)12(15)13-11(8)10/h3-5,7,9,14H,6H2,1-2H3,(H,13,15)/t9-/m1/s1. The van der Waals surface area contributed by atoms with Gasteiger partial charge in [-0.3, -0.25) is 4.79 Å². The van der Waals surface area contributed by atoms with Crippen LogP contribution in [0.5, 0.6) is 5.75 Å². The van der Waals surface area contributed by atoms with Gasteiger partial charge >= 0.3 is 0 Å². The Hall–Kier alpha value is -1.55. The maximum atomic E-state index is 11.4. The summed E-state index contributed by atoms with van der Waals surface area (Å²) >= 11 is 0. The lowest BCUT2D eigenvalue weighted by Gasteiger charge is -2.24. The zero-order chi connectivity index (χ0) is 11.7. The van der Waals surface area contributed by atoms with E-state index in [-0.39, 0.29) is 12.0 Å². The van der Waals surface area contributed by atoms with E-state index in [2.05, 4.69) is 5.32 Å². The molecule has 0 unspecified atom stereocenters. The molecule has 2 N–H and O–H groups in total. The molecule has 4 nitrogen and oxygen atoms in total. The van der Waals surface area contributed by atoms with E-state index in [1.807, 2.05) is 32.0 Å². The molecule has 1 aliphatic rings. The molecule has 0 aliphatic carbocycles. The van der Waals surface area contributed by atoms with Gasteiger partial charge in [-0.1, -0.05) is 12.1 Å². The van der Waals surface area contributed by atoms with Gasteiger partial charge in [0.25, 0.3) is 5.91 Å². The van der Waals surface area contributed by atoms with Gasteiger partial charge in [-0.05, 0) is 25.5 Å². The highest BCUT2D eigenvalue weighted by molar-refractivity contribution is 5.98. The Morgan fingerprint density at radius 1 is 1.50 bits per heavy atom. The first kappa shape index (κ1) is 11.0. The van der Waals surface area contributed by atoms with Crippen LogP contribution in [0.2, 0.25) is 0 Å². The molecule has 0 saturated heterocycles. The summed E-state index contributed by atoms with van der Waals surface area (Å²) in [5.41, 5.74) is 1.59. The predicted octanol–water partition coefficient (Wildman–Crippen LogP) is 1.33. The van der Waals surface area contributed by atoms with E-state index in [9.17, 15) is 9.90 Å². The van der Waals surface area contributed by atoms with Gasteiger partial charge in [-0.15, -0.1) is 0 Å². The molecule has 1 aromatic carbocycles. The number of para-hydroxylation sites is 1. The third-order valence-corrected chi connectivity index (χ3v) is 2.44. The van der Waals surface area contributed by atoms with Crippen molar-refractivity contribution in [1.82, 2.24) is 0 Å². The number of hydrogen-bond donors (Lipinski definition) is 2. The van der Waals surface area contributed by atoms with Crippen LogP contribution in [0.4, 0.5) is 5.69 Å². The Morgan fingerprint density at radius 2 is 2.25 bits per heavy atom. The van der Waals surface area contributed by atoms with Gasteiger partial charge in [-0.2, -0.15) is 0 Å². The average Bonchev–Trinajstić information content (AvgIpc) is 2.20. The lowest BCUT2D eigenvalue weighted by atomic mass is 10.0. The van der Waals surface area contributed by atoms with Crippen LogP contribution in [0.3, 0.4) is 0 Å². The molecule has 1 atom stereocenters. The van der Waals surface area contributed by atoms with Gasteiger partial charge in [0.05, 0.1) is 11.8 Å². The second-order valence-electron chi connectivity index (χ2n) is 4.17. The van der Waals surface area contributed by atoms with Crippen LogP contribution in [-0.2, 0) is 11.2 Å². The summed E-state index contributed by atoms with van der Waals surface area (Å²) in [5, 5.41) is 12.1. The molecule has 1 aromatic rings. The fourth-order valence-electron chi connectivity index (χ4n) is 1.75. The molecule has 0 bridgehead atoms. The van der Waals surface area contributed by atoms with Crippen molar-refractivity contribution in [3.63, 3.8) is 0 Å². The zero-order valence-electron chi connectivity index (χ0n) is 9.36. The van der Waals surface area contributed by atoms with Crippen LogP contribution in [0.1, 0.15) is 19.4 Å². The van der Waals surface area contributed by atoms with Crippen molar-refractivity contribution < 1.29 is 14.6 Å². The highest BCUT2D eigenvalue weighted by atomic mass is 16.5. The number of benzene rings is 1. The number of carbonyl (C=O) groups excluding carboxylic acids is 1. The first-order chi connectivity index (χ1) is 7.58. The normalized spacial score (nSPS) is 19.2. The second kappa shape index (κ2) is 4.14. The third-order valence-electron chi connectivity index (χ3n) is 2.44. The molecule has 0 saturated carbocycles. The maximum Gasteiger partial charge on any atom is 0.253 e. The van der Waals surface area contributed by atoms with Gasteiger partial charge in [0.15, 0.2) is 0 Å². The smallest absolute Gasteiger partial charge is 0.253 e. The molecule has 0 aromatic heterocycles. The molecule has 2 rings (SSSR count). The Morgan fingerprint density at radius 3 is 2.94 bits per heavy atom. The fraction of sp³-hybridized carbons (Fsp3) is 0.417. The Labute approximate surface area is 94.2 Å². The van der Waals surface area contributed by atoms with E-state index in [1.54, 1.807) is 0 Å². The molecule has 16 heavy (non-hydrogen) atoms. The number of aliphatic hydroxyl groups excluding tert-OH is 1. The highest BCUT2D eigenvalue weighted by Gasteiger charge is 2.26. The number of ether oxygens (including phenoxy) is 1. The number of amides is 1. The summed E-state index contributed by atoms with van der Waals surface area (Å²) in [6.07, 6.45) is -0.562. The third kappa shape index (κ3) is 2.02. The molecular formula is C12H15NO3. The molecule has 0 spiro atoms. The summed E-state index contributed by atoms with van der Waals surface area (Å²) in [5.74, 6) is 0.292. The SMILES string of the molecule is CC(C)Oc1cccc2c1NC(=O)[C@H](O)C2. The number of nitrogens with one attached hydrogen (secondary N) is 1. The largest absolute Gasteiger partial charge is 0.489 e. The number of hydrogen-bond acceptors (Lipinski definition) is 3. The second-order valence-corrected chi connectivity index (χ2v) is 4.17. The number of aliphatic hydroxyl groups is 1. The van der Waals surface area contributed by atoms with Gasteiger partial charge in [0, 0.05) is 6.42 Å². The van der Waals surface area contributed by atoms with Gasteiger partial charge in [0.1, 0.15) is 11.9 Å². The van der Waals surface area contributed by atoms with Crippen LogP contribution in [0, 0.1) is 0 Å². The van der Waals surface area contributed by atoms with E-state index >= 15 is 0 Å². The summed E-state index contributed by atoms with van der Waals surface area (Å²) in [6.45, 7) is 3.86. The maximum absolute atomic E-state index is 11.4. The van der Waals surface area contributed by atoms with Crippen molar-refractivity contribution >= 4 is 11.6 Å². The number of fused-ring (bicyclic) bond motifs is 1. The van der Waals surface area contributed by atoms with Crippen molar-refractivity contribution in [1.29, 1.82) is 0 Å². The van der Waals surface area contributed by atoms with Gasteiger partial charge < -0.3 is 15.2 Å². The topological polar surface area (TPSA) is 58.6 Å².